The molecular formula is C15H23ClN2O2. The molecule has 2 rings (SSSR count). The molecule has 0 radical (unpaired) electrons. The number of methoxy groups -OCH3 is 1. The first-order chi connectivity index (χ1) is 9.72. The quantitative estimate of drug-likeness (QED) is 0.789. The topological polar surface area (TPSA) is 44.7 Å². The summed E-state index contributed by atoms with van der Waals surface area (Å²) in [6.45, 7) is 3.99. The van der Waals surface area contributed by atoms with E-state index in [1.807, 2.05) is 12.1 Å². The Kier molecular flexibility index (Phi) is 6.10. The number of anilines is 1. The Bertz CT molecular complexity index is 420. The van der Waals surface area contributed by atoms with Gasteiger partial charge in [-0.15, -0.1) is 0 Å². The Morgan fingerprint density at radius 2 is 2.15 bits per heavy atom. The van der Waals surface area contributed by atoms with Crippen molar-refractivity contribution in [3.8, 4) is 0 Å². The van der Waals surface area contributed by atoms with Gasteiger partial charge in [-0.3, -0.25) is 0 Å². The predicted molar refractivity (Wildman–Crippen MR) is 82.5 cm³/mol. The van der Waals surface area contributed by atoms with E-state index in [-0.39, 0.29) is 6.10 Å². The maximum Gasteiger partial charge on any atom is 0.0587 e. The lowest BCUT2D eigenvalue weighted by atomic mass is 10.0. The third kappa shape index (κ3) is 4.09. The summed E-state index contributed by atoms with van der Waals surface area (Å²) in [5.74, 6) is 0. The molecule has 1 aromatic rings. The lowest BCUT2D eigenvalue weighted by Crippen LogP contribution is -2.36. The van der Waals surface area contributed by atoms with Crippen LogP contribution in [0.4, 0.5) is 5.69 Å². The molecular weight excluding hydrogens is 276 g/mol. The summed E-state index contributed by atoms with van der Waals surface area (Å²) in [5.41, 5.74) is 2.30. The second-order valence-electron chi connectivity index (χ2n) is 5.13. The third-order valence-corrected chi connectivity index (χ3v) is 4.04. The van der Waals surface area contributed by atoms with Crippen LogP contribution in [0.25, 0.3) is 0 Å². The van der Waals surface area contributed by atoms with Crippen molar-refractivity contribution in [1.82, 2.24) is 5.32 Å². The molecule has 1 heterocycles. The number of ether oxygens (including phenoxy) is 1. The normalized spacial score (nSPS) is 16.6. The molecule has 0 bridgehead atoms. The van der Waals surface area contributed by atoms with Crippen LogP contribution in [0.1, 0.15) is 18.4 Å². The summed E-state index contributed by atoms with van der Waals surface area (Å²) >= 11 is 6.34. The number of piperidine rings is 1. The zero-order valence-corrected chi connectivity index (χ0v) is 12.7. The van der Waals surface area contributed by atoms with Crippen molar-refractivity contribution in [1.29, 1.82) is 0 Å². The van der Waals surface area contributed by atoms with Gasteiger partial charge in [0.2, 0.25) is 0 Å². The molecule has 2 N–H and O–H groups in total. The van der Waals surface area contributed by atoms with E-state index in [9.17, 15) is 5.11 Å². The van der Waals surface area contributed by atoms with Crippen molar-refractivity contribution >= 4 is 17.3 Å². The fourth-order valence-corrected chi connectivity index (χ4v) is 2.75. The van der Waals surface area contributed by atoms with Gasteiger partial charge in [0.25, 0.3) is 0 Å². The summed E-state index contributed by atoms with van der Waals surface area (Å²) in [7, 11) is 1.70. The van der Waals surface area contributed by atoms with Gasteiger partial charge in [-0.1, -0.05) is 17.7 Å². The van der Waals surface area contributed by atoms with Crippen LogP contribution in [0.3, 0.4) is 0 Å². The van der Waals surface area contributed by atoms with Crippen LogP contribution in [-0.4, -0.2) is 44.6 Å². The van der Waals surface area contributed by atoms with E-state index < -0.39 is 0 Å². The minimum atomic E-state index is -0.159. The molecule has 0 unspecified atom stereocenters. The van der Waals surface area contributed by atoms with Crippen molar-refractivity contribution in [3.63, 3.8) is 0 Å². The molecule has 5 heteroatoms. The van der Waals surface area contributed by atoms with Crippen molar-refractivity contribution in [2.75, 3.05) is 38.3 Å². The van der Waals surface area contributed by atoms with Crippen LogP contribution in [-0.2, 0) is 11.3 Å². The van der Waals surface area contributed by atoms with Crippen molar-refractivity contribution in [2.24, 2.45) is 0 Å². The van der Waals surface area contributed by atoms with Crippen molar-refractivity contribution < 1.29 is 9.84 Å². The maximum atomic E-state index is 9.62. The molecule has 0 amide bonds. The van der Waals surface area contributed by atoms with Gasteiger partial charge in [-0.2, -0.15) is 0 Å². The molecule has 0 spiro atoms. The van der Waals surface area contributed by atoms with E-state index in [0.29, 0.717) is 6.61 Å². The zero-order chi connectivity index (χ0) is 14.4. The highest BCUT2D eigenvalue weighted by atomic mass is 35.5. The fraction of sp³-hybridized carbons (Fsp3) is 0.600. The molecule has 0 aromatic heterocycles. The van der Waals surface area contributed by atoms with Gasteiger partial charge in [0.1, 0.15) is 0 Å². The Morgan fingerprint density at radius 3 is 2.85 bits per heavy atom. The molecule has 1 saturated heterocycles. The van der Waals surface area contributed by atoms with Crippen LogP contribution in [0.15, 0.2) is 18.2 Å². The molecule has 0 saturated carbocycles. The maximum absolute atomic E-state index is 9.62. The Balaban J connectivity index is 2.05. The van der Waals surface area contributed by atoms with Gasteiger partial charge in [0.15, 0.2) is 0 Å². The average molecular weight is 299 g/mol. The lowest BCUT2D eigenvalue weighted by Gasteiger charge is -2.33. The van der Waals surface area contributed by atoms with Crippen LogP contribution in [0, 0.1) is 0 Å². The minimum Gasteiger partial charge on any atom is -0.393 e. The van der Waals surface area contributed by atoms with Crippen LogP contribution >= 0.6 is 11.6 Å². The summed E-state index contributed by atoms with van der Waals surface area (Å²) in [6.07, 6.45) is 1.49. The summed E-state index contributed by atoms with van der Waals surface area (Å²) in [6, 6.07) is 6.02. The fourth-order valence-electron chi connectivity index (χ4n) is 2.51. The SMILES string of the molecule is COCCNCc1c(Cl)cccc1N1CCC(O)CC1. The first kappa shape index (κ1) is 15.6. The smallest absolute Gasteiger partial charge is 0.0587 e. The van der Waals surface area contributed by atoms with Crippen LogP contribution < -0.4 is 10.2 Å². The molecule has 112 valence electrons. The van der Waals surface area contributed by atoms with Gasteiger partial charge in [-0.25, -0.2) is 0 Å². The molecule has 0 aliphatic carbocycles. The number of aliphatic hydroxyl groups is 1. The van der Waals surface area contributed by atoms with E-state index in [4.69, 9.17) is 16.3 Å². The highest BCUT2D eigenvalue weighted by molar-refractivity contribution is 6.31. The molecule has 1 aliphatic heterocycles. The van der Waals surface area contributed by atoms with Gasteiger partial charge < -0.3 is 20.1 Å². The number of aliphatic hydroxyl groups excluding tert-OH is 1. The average Bonchev–Trinajstić information content (AvgIpc) is 2.46. The molecule has 1 fully saturated rings. The highest BCUT2D eigenvalue weighted by Gasteiger charge is 2.20. The standard InChI is InChI=1S/C15H23ClN2O2/c1-20-10-7-17-11-13-14(16)3-2-4-15(13)18-8-5-12(19)6-9-18/h2-4,12,17,19H,5-11H2,1H3. The van der Waals surface area contributed by atoms with Gasteiger partial charge in [-0.05, 0) is 25.0 Å². The van der Waals surface area contributed by atoms with E-state index in [1.165, 1.54) is 5.69 Å². The summed E-state index contributed by atoms with van der Waals surface area (Å²) in [4.78, 5) is 2.31. The molecule has 1 aromatic carbocycles. The lowest BCUT2D eigenvalue weighted by molar-refractivity contribution is 0.145. The third-order valence-electron chi connectivity index (χ3n) is 3.68. The number of halogens is 1. The summed E-state index contributed by atoms with van der Waals surface area (Å²) < 4.78 is 5.03. The van der Waals surface area contributed by atoms with Gasteiger partial charge in [0.05, 0.1) is 12.7 Å². The zero-order valence-electron chi connectivity index (χ0n) is 11.9. The van der Waals surface area contributed by atoms with E-state index in [2.05, 4.69) is 16.3 Å². The number of nitrogens with one attached hydrogen (secondary N) is 1. The second-order valence-corrected chi connectivity index (χ2v) is 5.53. The Morgan fingerprint density at radius 1 is 1.40 bits per heavy atom. The summed E-state index contributed by atoms with van der Waals surface area (Å²) in [5, 5.41) is 13.8. The largest absolute Gasteiger partial charge is 0.393 e. The monoisotopic (exact) mass is 298 g/mol. The molecule has 4 nitrogen and oxygen atoms in total. The van der Waals surface area contributed by atoms with Gasteiger partial charge >= 0.3 is 0 Å². The number of rotatable bonds is 6. The van der Waals surface area contributed by atoms with Gasteiger partial charge in [0, 0.05) is 49.6 Å². The highest BCUT2D eigenvalue weighted by Crippen LogP contribution is 2.29. The van der Waals surface area contributed by atoms with Crippen molar-refractivity contribution in [3.05, 3.63) is 28.8 Å². The number of nitrogens with zero attached hydrogens (tertiary/aromatic N) is 1. The number of hydrogen-bond acceptors (Lipinski definition) is 4. The number of hydrogen-bond donors (Lipinski definition) is 2. The predicted octanol–water partition coefficient (Wildman–Crippen LogP) is 2.04. The Hall–Kier alpha value is -0.810. The minimum absolute atomic E-state index is 0.159. The van der Waals surface area contributed by atoms with Crippen LogP contribution in [0.2, 0.25) is 5.02 Å². The van der Waals surface area contributed by atoms with Crippen molar-refractivity contribution in [2.45, 2.75) is 25.5 Å². The van der Waals surface area contributed by atoms with Crippen LogP contribution in [0.5, 0.6) is 0 Å². The first-order valence-corrected chi connectivity index (χ1v) is 7.50. The molecule has 20 heavy (non-hydrogen) atoms. The van der Waals surface area contributed by atoms with E-state index in [1.54, 1.807) is 7.11 Å². The second kappa shape index (κ2) is 7.84. The molecule has 1 aliphatic rings. The first-order valence-electron chi connectivity index (χ1n) is 7.12. The van der Waals surface area contributed by atoms with E-state index >= 15 is 0 Å². The molecule has 0 atom stereocenters. The number of benzene rings is 1. The van der Waals surface area contributed by atoms with E-state index in [0.717, 1.165) is 49.6 Å². The Labute approximate surface area is 125 Å².